The first kappa shape index (κ1) is 18.3. The summed E-state index contributed by atoms with van der Waals surface area (Å²) in [4.78, 5) is 38.7. The average Bonchev–Trinajstić information content (AvgIpc) is 2.90. The molecule has 0 saturated carbocycles. The molecule has 1 heterocycles. The highest BCUT2D eigenvalue weighted by molar-refractivity contribution is 6.07. The highest BCUT2D eigenvalue weighted by Crippen LogP contribution is 2.22. The van der Waals surface area contributed by atoms with Gasteiger partial charge in [-0.1, -0.05) is 13.0 Å². The molecule has 0 aliphatic heterocycles. The van der Waals surface area contributed by atoms with Crippen molar-refractivity contribution in [3.8, 4) is 0 Å². The molecule has 2 rings (SSSR count). The maximum absolute atomic E-state index is 12.6. The molecule has 1 aromatic carbocycles. The lowest BCUT2D eigenvalue weighted by Crippen LogP contribution is -2.14. The molecule has 25 heavy (non-hydrogen) atoms. The van der Waals surface area contributed by atoms with Gasteiger partial charge in [0.2, 0.25) is 5.91 Å². The number of carbonyl (C=O) groups is 3. The highest BCUT2D eigenvalue weighted by atomic mass is 16.5. The minimum atomic E-state index is -0.475. The Morgan fingerprint density at radius 3 is 2.36 bits per heavy atom. The van der Waals surface area contributed by atoms with E-state index in [1.54, 1.807) is 31.2 Å². The van der Waals surface area contributed by atoms with Gasteiger partial charge in [0, 0.05) is 24.0 Å². The van der Waals surface area contributed by atoms with Crippen molar-refractivity contribution in [3.05, 3.63) is 46.8 Å². The third-order valence-electron chi connectivity index (χ3n) is 3.74. The number of benzene rings is 1. The molecule has 0 atom stereocenters. The van der Waals surface area contributed by atoms with Crippen LogP contribution >= 0.6 is 0 Å². The highest BCUT2D eigenvalue weighted by Gasteiger charge is 2.23. The Morgan fingerprint density at radius 2 is 1.80 bits per heavy atom. The quantitative estimate of drug-likeness (QED) is 0.727. The van der Waals surface area contributed by atoms with Crippen molar-refractivity contribution in [2.75, 3.05) is 17.7 Å². The van der Waals surface area contributed by atoms with E-state index in [1.807, 2.05) is 6.92 Å². The summed E-state index contributed by atoms with van der Waals surface area (Å²) in [5, 5.41) is 5.42. The second-order valence-electron chi connectivity index (χ2n) is 5.54. The molecule has 0 aliphatic rings. The van der Waals surface area contributed by atoms with Crippen LogP contribution in [-0.4, -0.2) is 29.9 Å². The molecule has 0 aliphatic carbocycles. The van der Waals surface area contributed by atoms with E-state index in [0.717, 1.165) is 0 Å². The van der Waals surface area contributed by atoms with E-state index < -0.39 is 5.97 Å². The first-order valence-corrected chi connectivity index (χ1v) is 7.86. The number of anilines is 2. The second kappa shape index (κ2) is 7.65. The number of aromatic nitrogens is 1. The monoisotopic (exact) mass is 343 g/mol. The van der Waals surface area contributed by atoms with Crippen LogP contribution in [0.25, 0.3) is 0 Å². The number of nitrogens with one attached hydrogen (secondary N) is 3. The van der Waals surface area contributed by atoms with Gasteiger partial charge >= 0.3 is 5.97 Å². The van der Waals surface area contributed by atoms with Gasteiger partial charge in [-0.2, -0.15) is 0 Å². The number of amides is 2. The van der Waals surface area contributed by atoms with Crippen LogP contribution < -0.4 is 10.6 Å². The van der Waals surface area contributed by atoms with Crippen molar-refractivity contribution in [2.24, 2.45) is 0 Å². The molecular weight excluding hydrogens is 322 g/mol. The van der Waals surface area contributed by atoms with E-state index in [2.05, 4.69) is 15.6 Å². The summed E-state index contributed by atoms with van der Waals surface area (Å²) in [5.41, 5.74) is 3.01. The molecule has 0 spiro atoms. The zero-order valence-electron chi connectivity index (χ0n) is 14.6. The number of hydrogen-bond donors (Lipinski definition) is 3. The van der Waals surface area contributed by atoms with Crippen LogP contribution in [0.3, 0.4) is 0 Å². The van der Waals surface area contributed by atoms with Crippen LogP contribution in [0.4, 0.5) is 11.4 Å². The molecular formula is C18H21N3O4. The summed E-state index contributed by atoms with van der Waals surface area (Å²) in [6.07, 6.45) is 0.566. The smallest absolute Gasteiger partial charge is 0.339 e. The van der Waals surface area contributed by atoms with E-state index in [9.17, 15) is 14.4 Å². The van der Waals surface area contributed by atoms with Crippen LogP contribution in [0.5, 0.6) is 0 Å². The standard InChI is InChI=1S/C18H21N3O4/c1-5-14-15(18(24)25-4)10(2)16(21-14)17(23)20-13-8-6-7-12(9-13)19-11(3)22/h6-9,21H,5H2,1-4H3,(H,19,22)(H,20,23). The average molecular weight is 343 g/mol. The Kier molecular flexibility index (Phi) is 5.59. The fourth-order valence-corrected chi connectivity index (χ4v) is 2.60. The van der Waals surface area contributed by atoms with Gasteiger partial charge in [-0.05, 0) is 37.1 Å². The third-order valence-corrected chi connectivity index (χ3v) is 3.74. The molecule has 3 N–H and O–H groups in total. The van der Waals surface area contributed by atoms with Crippen molar-refractivity contribution >= 4 is 29.2 Å². The van der Waals surface area contributed by atoms with E-state index in [4.69, 9.17) is 4.74 Å². The Hall–Kier alpha value is -3.09. The minimum Gasteiger partial charge on any atom is -0.465 e. The maximum atomic E-state index is 12.6. The SMILES string of the molecule is CCc1[nH]c(C(=O)Nc2cccc(NC(C)=O)c2)c(C)c1C(=O)OC. The Bertz CT molecular complexity index is 824. The predicted molar refractivity (Wildman–Crippen MR) is 94.9 cm³/mol. The van der Waals surface area contributed by atoms with Gasteiger partial charge in [-0.3, -0.25) is 9.59 Å². The molecule has 2 amide bonds. The van der Waals surface area contributed by atoms with Crippen molar-refractivity contribution in [3.63, 3.8) is 0 Å². The van der Waals surface area contributed by atoms with Crippen LogP contribution in [-0.2, 0) is 16.0 Å². The van der Waals surface area contributed by atoms with Crippen molar-refractivity contribution in [1.29, 1.82) is 0 Å². The lowest BCUT2D eigenvalue weighted by molar-refractivity contribution is -0.114. The first-order valence-electron chi connectivity index (χ1n) is 7.86. The zero-order chi connectivity index (χ0) is 18.6. The van der Waals surface area contributed by atoms with Crippen LogP contribution in [0.1, 0.15) is 46.0 Å². The van der Waals surface area contributed by atoms with Gasteiger partial charge in [-0.25, -0.2) is 4.79 Å². The van der Waals surface area contributed by atoms with Gasteiger partial charge in [0.1, 0.15) is 5.69 Å². The summed E-state index contributed by atoms with van der Waals surface area (Å²) < 4.78 is 4.79. The van der Waals surface area contributed by atoms with Gasteiger partial charge in [0.05, 0.1) is 12.7 Å². The number of ether oxygens (including phenoxy) is 1. The normalized spacial score (nSPS) is 10.2. The van der Waals surface area contributed by atoms with Gasteiger partial charge in [-0.15, -0.1) is 0 Å². The maximum Gasteiger partial charge on any atom is 0.339 e. The van der Waals surface area contributed by atoms with E-state index in [1.165, 1.54) is 14.0 Å². The first-order chi connectivity index (χ1) is 11.9. The topological polar surface area (TPSA) is 100 Å². The minimum absolute atomic E-state index is 0.195. The number of hydrogen-bond acceptors (Lipinski definition) is 4. The Balaban J connectivity index is 2.28. The molecule has 7 nitrogen and oxygen atoms in total. The lowest BCUT2D eigenvalue weighted by atomic mass is 10.1. The molecule has 7 heteroatoms. The summed E-state index contributed by atoms with van der Waals surface area (Å²) in [6, 6.07) is 6.81. The number of esters is 1. The van der Waals surface area contributed by atoms with Gasteiger partial charge in [0.25, 0.3) is 5.91 Å². The molecule has 2 aromatic rings. The summed E-state index contributed by atoms with van der Waals surface area (Å²) in [6.45, 7) is 5.00. The van der Waals surface area contributed by atoms with Crippen LogP contribution in [0, 0.1) is 6.92 Å². The summed E-state index contributed by atoms with van der Waals surface area (Å²) in [7, 11) is 1.31. The molecule has 0 fully saturated rings. The van der Waals surface area contributed by atoms with Crippen molar-refractivity contribution in [2.45, 2.75) is 27.2 Å². The van der Waals surface area contributed by atoms with Gasteiger partial charge < -0.3 is 20.4 Å². The fourth-order valence-electron chi connectivity index (χ4n) is 2.60. The summed E-state index contributed by atoms with van der Waals surface area (Å²) in [5.74, 6) is -1.04. The molecule has 1 aromatic heterocycles. The number of aryl methyl sites for hydroxylation is 1. The van der Waals surface area contributed by atoms with Crippen molar-refractivity contribution < 1.29 is 19.1 Å². The molecule has 0 unspecified atom stereocenters. The van der Waals surface area contributed by atoms with E-state index in [-0.39, 0.29) is 11.8 Å². The number of aromatic amines is 1. The number of carbonyl (C=O) groups excluding carboxylic acids is 3. The van der Waals surface area contributed by atoms with Crippen LogP contribution in [0.15, 0.2) is 24.3 Å². The lowest BCUT2D eigenvalue weighted by Gasteiger charge is -2.08. The predicted octanol–water partition coefficient (Wildman–Crippen LogP) is 2.88. The van der Waals surface area contributed by atoms with E-state index in [0.29, 0.717) is 40.3 Å². The van der Waals surface area contributed by atoms with Crippen molar-refractivity contribution in [1.82, 2.24) is 4.98 Å². The van der Waals surface area contributed by atoms with Crippen LogP contribution in [0.2, 0.25) is 0 Å². The molecule has 0 bridgehead atoms. The molecule has 132 valence electrons. The summed E-state index contributed by atoms with van der Waals surface area (Å²) >= 11 is 0. The second-order valence-corrected chi connectivity index (χ2v) is 5.54. The molecule has 0 saturated heterocycles. The number of methoxy groups -OCH3 is 1. The molecule has 0 radical (unpaired) electrons. The largest absolute Gasteiger partial charge is 0.465 e. The van der Waals surface area contributed by atoms with Gasteiger partial charge in [0.15, 0.2) is 0 Å². The fraction of sp³-hybridized carbons (Fsp3) is 0.278. The Labute approximate surface area is 145 Å². The Morgan fingerprint density at radius 1 is 1.16 bits per heavy atom. The third kappa shape index (κ3) is 4.06. The number of H-pyrrole nitrogens is 1. The van der Waals surface area contributed by atoms with E-state index >= 15 is 0 Å². The number of rotatable bonds is 5. The zero-order valence-corrected chi connectivity index (χ0v) is 14.6.